The van der Waals surface area contributed by atoms with E-state index in [0.29, 0.717) is 47.1 Å². The van der Waals surface area contributed by atoms with Crippen molar-refractivity contribution in [1.82, 2.24) is 10.2 Å². The Morgan fingerprint density at radius 3 is 2.83 bits per heavy atom. The molecule has 0 saturated carbocycles. The van der Waals surface area contributed by atoms with Crippen LogP contribution in [0.15, 0.2) is 36.4 Å². The van der Waals surface area contributed by atoms with Gasteiger partial charge in [-0.1, -0.05) is 29.3 Å². The minimum Gasteiger partial charge on any atom is -0.491 e. The number of ether oxygens (including phenoxy) is 2. The van der Waals surface area contributed by atoms with Gasteiger partial charge in [0.1, 0.15) is 24.3 Å². The first-order valence-corrected chi connectivity index (χ1v) is 10.5. The number of rotatable bonds is 6. The first-order valence-electron chi connectivity index (χ1n) is 9.35. The summed E-state index contributed by atoms with van der Waals surface area (Å²) in [4.78, 5) is 13.3. The van der Waals surface area contributed by atoms with Crippen molar-refractivity contribution in [3.63, 3.8) is 0 Å². The Hall–Kier alpha value is -1.93. The molecule has 1 saturated heterocycles. The van der Waals surface area contributed by atoms with Crippen LogP contribution >= 0.6 is 35.4 Å². The van der Waals surface area contributed by atoms with E-state index in [4.69, 9.17) is 44.9 Å². The van der Waals surface area contributed by atoms with Crippen molar-refractivity contribution >= 4 is 46.3 Å². The summed E-state index contributed by atoms with van der Waals surface area (Å²) >= 11 is 17.6. The van der Waals surface area contributed by atoms with Crippen molar-refractivity contribution in [2.45, 2.75) is 19.6 Å². The predicted molar refractivity (Wildman–Crippen MR) is 119 cm³/mol. The molecule has 1 N–H and O–H groups in total. The predicted octanol–water partition coefficient (Wildman–Crippen LogP) is 4.49. The molecule has 1 unspecified atom stereocenters. The molecule has 2 aromatic rings. The number of morpholine rings is 1. The van der Waals surface area contributed by atoms with Gasteiger partial charge in [0.25, 0.3) is 0 Å². The maximum Gasteiger partial charge on any atom is 0.169 e. The lowest BCUT2D eigenvalue weighted by Gasteiger charge is -2.34. The highest BCUT2D eigenvalue weighted by atomic mass is 35.5. The van der Waals surface area contributed by atoms with Crippen LogP contribution in [0, 0.1) is 5.82 Å². The first kappa shape index (κ1) is 22.7. The van der Waals surface area contributed by atoms with Gasteiger partial charge in [-0.15, -0.1) is 0 Å². The lowest BCUT2D eigenvalue weighted by atomic mass is 10.1. The monoisotopic (exact) mass is 470 g/mol. The molecule has 160 valence electrons. The molecule has 0 aliphatic carbocycles. The highest BCUT2D eigenvalue weighted by molar-refractivity contribution is 7.80. The van der Waals surface area contributed by atoms with Crippen LogP contribution in [-0.2, 0) is 11.3 Å². The molecular formula is C21H21Cl2FN2O3S. The molecule has 0 aromatic heterocycles. The average Bonchev–Trinajstić information content (AvgIpc) is 2.71. The van der Waals surface area contributed by atoms with E-state index in [1.807, 2.05) is 11.0 Å². The minimum atomic E-state index is -0.600. The number of thiocarbonyl (C=S) groups is 1. The Kier molecular flexibility index (Phi) is 7.88. The van der Waals surface area contributed by atoms with Crippen LogP contribution in [0.5, 0.6) is 5.75 Å². The Labute approximate surface area is 190 Å². The number of Topliss-reactive ketones (excluding diaryl/α,β-unsaturated/α-hetero) is 1. The zero-order chi connectivity index (χ0) is 21.7. The van der Waals surface area contributed by atoms with E-state index in [-0.39, 0.29) is 24.1 Å². The molecule has 0 amide bonds. The van der Waals surface area contributed by atoms with Gasteiger partial charge < -0.3 is 19.7 Å². The van der Waals surface area contributed by atoms with Crippen LogP contribution < -0.4 is 10.1 Å². The molecule has 30 heavy (non-hydrogen) atoms. The van der Waals surface area contributed by atoms with Crippen LogP contribution in [0.25, 0.3) is 0 Å². The number of ketones is 1. The Morgan fingerprint density at radius 2 is 2.13 bits per heavy atom. The molecular weight excluding hydrogens is 450 g/mol. The number of nitrogens with one attached hydrogen (secondary N) is 1. The molecule has 1 aliphatic rings. The van der Waals surface area contributed by atoms with Gasteiger partial charge in [0.15, 0.2) is 10.9 Å². The van der Waals surface area contributed by atoms with E-state index in [2.05, 4.69) is 5.32 Å². The number of nitrogens with zero attached hydrogens (tertiary/aromatic N) is 1. The zero-order valence-electron chi connectivity index (χ0n) is 16.3. The smallest absolute Gasteiger partial charge is 0.169 e. The topological polar surface area (TPSA) is 50.8 Å². The SMILES string of the molecule is CC(=O)c1ccc(OCC2CN(C(=S)NCc3ccc(Cl)cc3Cl)CCO2)cc1F. The van der Waals surface area contributed by atoms with E-state index < -0.39 is 5.82 Å². The van der Waals surface area contributed by atoms with Gasteiger partial charge in [0, 0.05) is 35.7 Å². The van der Waals surface area contributed by atoms with Gasteiger partial charge in [0.05, 0.1) is 12.2 Å². The molecule has 9 heteroatoms. The van der Waals surface area contributed by atoms with Gasteiger partial charge in [-0.25, -0.2) is 4.39 Å². The largest absolute Gasteiger partial charge is 0.491 e. The Morgan fingerprint density at radius 1 is 1.33 bits per heavy atom. The lowest BCUT2D eigenvalue weighted by Crippen LogP contribution is -2.50. The summed E-state index contributed by atoms with van der Waals surface area (Å²) in [7, 11) is 0. The van der Waals surface area contributed by atoms with Crippen molar-refractivity contribution in [2.24, 2.45) is 0 Å². The fourth-order valence-electron chi connectivity index (χ4n) is 3.01. The van der Waals surface area contributed by atoms with Gasteiger partial charge in [0.2, 0.25) is 0 Å². The van der Waals surface area contributed by atoms with Gasteiger partial charge >= 0.3 is 0 Å². The van der Waals surface area contributed by atoms with Gasteiger partial charge in [-0.3, -0.25) is 4.79 Å². The molecule has 1 heterocycles. The standard InChI is InChI=1S/C21H21Cl2FN2O3S/c1-13(27)18-5-4-16(9-20(18)24)29-12-17-11-26(6-7-28-17)21(30)25-10-14-2-3-15(22)8-19(14)23/h2-5,8-9,17H,6-7,10-12H2,1H3,(H,25,30). The van der Waals surface area contributed by atoms with Gasteiger partial charge in [-0.05, 0) is 49.0 Å². The fraction of sp³-hybridized carbons (Fsp3) is 0.333. The Bertz CT molecular complexity index is 944. The molecule has 0 bridgehead atoms. The summed E-state index contributed by atoms with van der Waals surface area (Å²) in [5, 5.41) is 4.95. The molecule has 3 rings (SSSR count). The maximum atomic E-state index is 13.9. The second kappa shape index (κ2) is 10.4. The molecule has 1 aliphatic heterocycles. The Balaban J connectivity index is 1.50. The van der Waals surface area contributed by atoms with E-state index in [9.17, 15) is 9.18 Å². The third-order valence-electron chi connectivity index (χ3n) is 4.63. The quantitative estimate of drug-likeness (QED) is 0.495. The highest BCUT2D eigenvalue weighted by Gasteiger charge is 2.23. The van der Waals surface area contributed by atoms with E-state index in [1.165, 1.54) is 19.1 Å². The fourth-order valence-corrected chi connectivity index (χ4v) is 3.73. The first-order chi connectivity index (χ1) is 14.3. The average molecular weight is 471 g/mol. The number of hydrogen-bond acceptors (Lipinski definition) is 4. The van der Waals surface area contributed by atoms with E-state index in [1.54, 1.807) is 18.2 Å². The third-order valence-corrected chi connectivity index (χ3v) is 5.62. The molecule has 5 nitrogen and oxygen atoms in total. The summed E-state index contributed by atoms with van der Waals surface area (Å²) < 4.78 is 25.3. The molecule has 0 radical (unpaired) electrons. The second-order valence-corrected chi connectivity index (χ2v) is 8.07. The number of carbonyl (C=O) groups excluding carboxylic acids is 1. The summed E-state index contributed by atoms with van der Waals surface area (Å²) in [6.45, 7) is 3.72. The van der Waals surface area contributed by atoms with Crippen LogP contribution in [0.2, 0.25) is 10.0 Å². The molecule has 0 spiro atoms. The van der Waals surface area contributed by atoms with Gasteiger partial charge in [-0.2, -0.15) is 0 Å². The van der Waals surface area contributed by atoms with Crippen molar-refractivity contribution in [3.05, 3.63) is 63.4 Å². The molecule has 1 atom stereocenters. The summed E-state index contributed by atoms with van der Waals surface area (Å²) in [6, 6.07) is 9.52. The highest BCUT2D eigenvalue weighted by Crippen LogP contribution is 2.21. The van der Waals surface area contributed by atoms with Crippen LogP contribution in [-0.4, -0.2) is 48.2 Å². The number of carbonyl (C=O) groups is 1. The number of hydrogen-bond donors (Lipinski definition) is 1. The van der Waals surface area contributed by atoms with E-state index >= 15 is 0 Å². The summed E-state index contributed by atoms with van der Waals surface area (Å²) in [5.74, 6) is -0.583. The van der Waals surface area contributed by atoms with Crippen LogP contribution in [0.4, 0.5) is 4.39 Å². The number of halogens is 3. The zero-order valence-corrected chi connectivity index (χ0v) is 18.6. The second-order valence-electron chi connectivity index (χ2n) is 6.84. The van der Waals surface area contributed by atoms with E-state index in [0.717, 1.165) is 5.56 Å². The summed E-state index contributed by atoms with van der Waals surface area (Å²) in [5.41, 5.74) is 0.937. The third kappa shape index (κ3) is 6.04. The molecule has 1 fully saturated rings. The normalized spacial score (nSPS) is 16.3. The van der Waals surface area contributed by atoms with Crippen LogP contribution in [0.1, 0.15) is 22.8 Å². The lowest BCUT2D eigenvalue weighted by molar-refractivity contribution is -0.0288. The van der Waals surface area contributed by atoms with Crippen LogP contribution in [0.3, 0.4) is 0 Å². The minimum absolute atomic E-state index is 0.0413. The van der Waals surface area contributed by atoms with Crippen molar-refractivity contribution < 1.29 is 18.7 Å². The molecule has 2 aromatic carbocycles. The number of benzene rings is 2. The summed E-state index contributed by atoms with van der Waals surface area (Å²) in [6.07, 6.45) is -0.229. The van der Waals surface area contributed by atoms with Crippen molar-refractivity contribution in [2.75, 3.05) is 26.3 Å². The maximum absolute atomic E-state index is 13.9. The van der Waals surface area contributed by atoms with Crippen molar-refractivity contribution in [1.29, 1.82) is 0 Å². The van der Waals surface area contributed by atoms with Crippen molar-refractivity contribution in [3.8, 4) is 5.75 Å².